The van der Waals surface area contributed by atoms with Gasteiger partial charge in [0.25, 0.3) is 11.7 Å². The predicted molar refractivity (Wildman–Crippen MR) is 123 cm³/mol. The fraction of sp³-hybridized carbons (Fsp3) is 0.409. The second kappa shape index (κ2) is 11.5. The van der Waals surface area contributed by atoms with E-state index in [9.17, 15) is 9.59 Å². The molecular formula is C22H27N5O5S. The fourth-order valence-corrected chi connectivity index (χ4v) is 3.42. The van der Waals surface area contributed by atoms with E-state index in [-0.39, 0.29) is 26.2 Å². The normalized spacial score (nSPS) is 10.8. The number of esters is 1. The first-order chi connectivity index (χ1) is 15.9. The van der Waals surface area contributed by atoms with Crippen LogP contribution in [0.15, 0.2) is 29.4 Å². The lowest BCUT2D eigenvalue weighted by Gasteiger charge is -2.11. The molecule has 2 heterocycles. The van der Waals surface area contributed by atoms with Crippen molar-refractivity contribution in [2.75, 3.05) is 32.6 Å². The molecule has 2 aromatic heterocycles. The van der Waals surface area contributed by atoms with E-state index in [0.29, 0.717) is 34.5 Å². The zero-order valence-corrected chi connectivity index (χ0v) is 19.9. The van der Waals surface area contributed by atoms with E-state index in [1.165, 1.54) is 11.8 Å². The van der Waals surface area contributed by atoms with E-state index < -0.39 is 11.9 Å². The van der Waals surface area contributed by atoms with Gasteiger partial charge in [0.2, 0.25) is 5.16 Å². The van der Waals surface area contributed by atoms with Gasteiger partial charge in [0, 0.05) is 17.0 Å². The molecule has 0 spiro atoms. The lowest BCUT2D eigenvalue weighted by molar-refractivity contribution is -0.147. The quantitative estimate of drug-likeness (QED) is 0.254. The van der Waals surface area contributed by atoms with Crippen LogP contribution in [0, 0.1) is 13.8 Å². The van der Waals surface area contributed by atoms with E-state index in [1.807, 2.05) is 32.2 Å². The van der Waals surface area contributed by atoms with Crippen molar-refractivity contribution in [3.63, 3.8) is 0 Å². The van der Waals surface area contributed by atoms with Crippen LogP contribution < -0.4 is 14.8 Å². The summed E-state index contributed by atoms with van der Waals surface area (Å²) in [5, 5.41) is 7.62. The molecule has 33 heavy (non-hydrogen) atoms. The third-order valence-corrected chi connectivity index (χ3v) is 5.26. The second-order valence-corrected chi connectivity index (χ2v) is 7.79. The first-order valence-corrected chi connectivity index (χ1v) is 11.7. The maximum absolute atomic E-state index is 12.3. The minimum absolute atomic E-state index is 0.0107. The number of thioether (sulfide) groups is 1. The van der Waals surface area contributed by atoms with Crippen molar-refractivity contribution in [3.8, 4) is 11.5 Å². The maximum atomic E-state index is 12.3. The largest absolute Gasteiger partial charge is 0.494 e. The Morgan fingerprint density at radius 2 is 1.79 bits per heavy atom. The van der Waals surface area contributed by atoms with Gasteiger partial charge in [-0.2, -0.15) is 4.98 Å². The van der Waals surface area contributed by atoms with Gasteiger partial charge in [-0.25, -0.2) is 9.50 Å². The molecule has 0 fully saturated rings. The Kier molecular flexibility index (Phi) is 8.47. The zero-order chi connectivity index (χ0) is 23.8. The number of fused-ring (bicyclic) bond motifs is 1. The third kappa shape index (κ3) is 6.58. The number of nitrogens with zero attached hydrogens (tertiary/aromatic N) is 4. The van der Waals surface area contributed by atoms with Crippen LogP contribution in [-0.2, 0) is 20.7 Å². The smallest absolute Gasteiger partial charge is 0.310 e. The number of hydrogen-bond donors (Lipinski definition) is 1. The highest BCUT2D eigenvalue weighted by Gasteiger charge is 2.17. The number of carbonyl (C=O) groups is 2. The van der Waals surface area contributed by atoms with Crippen molar-refractivity contribution in [3.05, 3.63) is 41.2 Å². The summed E-state index contributed by atoms with van der Waals surface area (Å²) < 4.78 is 17.7. The van der Waals surface area contributed by atoms with Crippen LogP contribution in [0.1, 0.15) is 23.9 Å². The number of nitrogens with one attached hydrogen (secondary N) is 1. The summed E-state index contributed by atoms with van der Waals surface area (Å²) in [6.07, 6.45) is 1.87. The van der Waals surface area contributed by atoms with Gasteiger partial charge in [0.05, 0.1) is 19.6 Å². The summed E-state index contributed by atoms with van der Waals surface area (Å²) in [7, 11) is 0. The Morgan fingerprint density at radius 3 is 2.45 bits per heavy atom. The molecule has 11 heteroatoms. The van der Waals surface area contributed by atoms with Crippen LogP contribution >= 0.6 is 11.8 Å². The average molecular weight is 474 g/mol. The van der Waals surface area contributed by atoms with E-state index in [0.717, 1.165) is 11.4 Å². The highest BCUT2D eigenvalue weighted by molar-refractivity contribution is 7.98. The summed E-state index contributed by atoms with van der Waals surface area (Å²) in [6, 6.07) is 7.23. The van der Waals surface area contributed by atoms with E-state index in [1.54, 1.807) is 23.6 Å². The Labute approximate surface area is 196 Å². The van der Waals surface area contributed by atoms with Gasteiger partial charge in [0.15, 0.2) is 6.61 Å². The van der Waals surface area contributed by atoms with Crippen molar-refractivity contribution < 1.29 is 23.8 Å². The van der Waals surface area contributed by atoms with Crippen LogP contribution in [0.2, 0.25) is 0 Å². The number of aromatic nitrogens is 4. The molecule has 3 aromatic rings. The van der Waals surface area contributed by atoms with Gasteiger partial charge in [0.1, 0.15) is 18.1 Å². The molecule has 1 N–H and O–H groups in total. The van der Waals surface area contributed by atoms with Crippen molar-refractivity contribution in [2.45, 2.75) is 32.3 Å². The van der Waals surface area contributed by atoms with Gasteiger partial charge < -0.3 is 19.5 Å². The van der Waals surface area contributed by atoms with Crippen molar-refractivity contribution in [1.29, 1.82) is 0 Å². The number of rotatable bonds is 11. The van der Waals surface area contributed by atoms with E-state index in [4.69, 9.17) is 14.2 Å². The minimum atomic E-state index is -0.520. The fourth-order valence-electron chi connectivity index (χ4n) is 3.08. The molecule has 10 nitrogen and oxygen atoms in total. The van der Waals surface area contributed by atoms with Gasteiger partial charge in [-0.05, 0) is 51.3 Å². The SMILES string of the molecule is CCOc1ccc(OCCNC(=O)COC(=O)Cc2c(C)nc3nc(SC)nn3c2C)cc1. The molecule has 0 aliphatic heterocycles. The topological polar surface area (TPSA) is 117 Å². The predicted octanol–water partition coefficient (Wildman–Crippen LogP) is 2.14. The van der Waals surface area contributed by atoms with E-state index in [2.05, 4.69) is 20.4 Å². The van der Waals surface area contributed by atoms with Crippen LogP contribution in [0.25, 0.3) is 5.78 Å². The summed E-state index contributed by atoms with van der Waals surface area (Å²) in [6.45, 7) is 6.38. The monoisotopic (exact) mass is 473 g/mol. The summed E-state index contributed by atoms with van der Waals surface area (Å²) in [5.41, 5.74) is 2.14. The van der Waals surface area contributed by atoms with Crippen LogP contribution in [0.5, 0.6) is 11.5 Å². The molecule has 176 valence electrons. The average Bonchev–Trinajstić information content (AvgIpc) is 3.22. The number of aryl methyl sites for hydroxylation is 2. The molecule has 0 unspecified atom stereocenters. The van der Waals surface area contributed by atoms with Crippen molar-refractivity contribution in [1.82, 2.24) is 24.9 Å². The highest BCUT2D eigenvalue weighted by Crippen LogP contribution is 2.18. The molecular weight excluding hydrogens is 446 g/mol. The van der Waals surface area contributed by atoms with Gasteiger partial charge in [-0.15, -0.1) is 5.10 Å². The number of ether oxygens (including phenoxy) is 3. The Hall–Kier alpha value is -3.34. The zero-order valence-electron chi connectivity index (χ0n) is 19.1. The molecule has 0 aliphatic carbocycles. The molecule has 0 atom stereocenters. The van der Waals surface area contributed by atoms with Crippen molar-refractivity contribution >= 4 is 29.4 Å². The Bertz CT molecular complexity index is 1120. The Morgan fingerprint density at radius 1 is 1.09 bits per heavy atom. The first-order valence-electron chi connectivity index (χ1n) is 10.5. The number of benzene rings is 1. The number of hydrogen-bond acceptors (Lipinski definition) is 9. The number of carbonyl (C=O) groups excluding carboxylic acids is 2. The molecule has 0 saturated carbocycles. The molecule has 0 saturated heterocycles. The molecule has 1 amide bonds. The minimum Gasteiger partial charge on any atom is -0.494 e. The third-order valence-electron chi connectivity index (χ3n) is 4.73. The summed E-state index contributed by atoms with van der Waals surface area (Å²) in [4.78, 5) is 33.0. The summed E-state index contributed by atoms with van der Waals surface area (Å²) in [5.74, 6) is 1.01. The molecule has 0 bridgehead atoms. The first kappa shape index (κ1) is 24.3. The van der Waals surface area contributed by atoms with Gasteiger partial charge in [-0.3, -0.25) is 9.59 Å². The van der Waals surface area contributed by atoms with Crippen molar-refractivity contribution in [2.24, 2.45) is 0 Å². The lowest BCUT2D eigenvalue weighted by atomic mass is 10.1. The van der Waals surface area contributed by atoms with E-state index >= 15 is 0 Å². The van der Waals surface area contributed by atoms with Crippen LogP contribution in [-0.4, -0.2) is 64.1 Å². The molecule has 1 aromatic carbocycles. The molecule has 0 radical (unpaired) electrons. The van der Waals surface area contributed by atoms with Gasteiger partial charge >= 0.3 is 5.97 Å². The number of amides is 1. The summed E-state index contributed by atoms with van der Waals surface area (Å²) >= 11 is 1.42. The Balaban J connectivity index is 1.42. The highest BCUT2D eigenvalue weighted by atomic mass is 32.2. The van der Waals surface area contributed by atoms with Gasteiger partial charge in [-0.1, -0.05) is 11.8 Å². The standard InChI is InChI=1S/C22H27N5O5S/c1-5-30-16-6-8-17(9-7-16)31-11-10-23-19(28)13-32-20(29)12-18-14(2)24-21-25-22(33-4)26-27(21)15(18)3/h6-9H,5,10-13H2,1-4H3,(H,23,28). The molecule has 3 rings (SSSR count). The second-order valence-electron chi connectivity index (χ2n) is 7.01. The van der Waals surface area contributed by atoms with Crippen LogP contribution in [0.4, 0.5) is 0 Å². The lowest BCUT2D eigenvalue weighted by Crippen LogP contribution is -2.32. The molecule has 0 aliphatic rings. The maximum Gasteiger partial charge on any atom is 0.310 e. The van der Waals surface area contributed by atoms with Crippen LogP contribution in [0.3, 0.4) is 0 Å².